The maximum atomic E-state index is 12.3. The molecule has 0 aliphatic heterocycles. The molecule has 0 saturated carbocycles. The number of aryl methyl sites for hydroxylation is 1. The van der Waals surface area contributed by atoms with Crippen LogP contribution in [0.3, 0.4) is 0 Å². The molecule has 4 nitrogen and oxygen atoms in total. The zero-order valence-corrected chi connectivity index (χ0v) is 15.2. The van der Waals surface area contributed by atoms with Gasteiger partial charge in [-0.05, 0) is 36.1 Å². The van der Waals surface area contributed by atoms with Gasteiger partial charge in [0.2, 0.25) is 0 Å². The van der Waals surface area contributed by atoms with Gasteiger partial charge in [0.05, 0.1) is 11.6 Å². The van der Waals surface area contributed by atoms with E-state index in [9.17, 15) is 9.59 Å². The van der Waals surface area contributed by atoms with Crippen LogP contribution in [0, 0.1) is 6.92 Å². The quantitative estimate of drug-likeness (QED) is 0.669. The summed E-state index contributed by atoms with van der Waals surface area (Å²) in [7, 11) is 0. The van der Waals surface area contributed by atoms with E-state index in [1.165, 1.54) is 0 Å². The molecule has 0 fully saturated rings. The second-order valence-corrected chi connectivity index (χ2v) is 6.85. The van der Waals surface area contributed by atoms with Crippen LogP contribution in [0.5, 0.6) is 0 Å². The van der Waals surface area contributed by atoms with Gasteiger partial charge in [0.1, 0.15) is 0 Å². The average Bonchev–Trinajstić information content (AvgIpc) is 3.19. The molecule has 2 aromatic carbocycles. The Morgan fingerprint density at radius 3 is 2.54 bits per heavy atom. The van der Waals surface area contributed by atoms with E-state index in [2.05, 4.69) is 5.32 Å². The van der Waals surface area contributed by atoms with Gasteiger partial charge in [-0.15, -0.1) is 11.3 Å². The molecule has 1 aromatic heterocycles. The van der Waals surface area contributed by atoms with Gasteiger partial charge in [0, 0.05) is 4.88 Å². The van der Waals surface area contributed by atoms with Crippen molar-refractivity contribution in [3.63, 3.8) is 0 Å². The summed E-state index contributed by atoms with van der Waals surface area (Å²) in [6, 6.07) is 20.5. The van der Waals surface area contributed by atoms with Gasteiger partial charge < -0.3 is 10.1 Å². The van der Waals surface area contributed by atoms with E-state index >= 15 is 0 Å². The highest BCUT2D eigenvalue weighted by Crippen LogP contribution is 2.25. The maximum Gasteiger partial charge on any atom is 0.338 e. The van der Waals surface area contributed by atoms with Crippen LogP contribution in [-0.4, -0.2) is 18.5 Å². The molecule has 3 rings (SSSR count). The van der Waals surface area contributed by atoms with Crippen LogP contribution in [0.15, 0.2) is 72.1 Å². The largest absolute Gasteiger partial charge is 0.452 e. The molecule has 0 aliphatic rings. The highest BCUT2D eigenvalue weighted by molar-refractivity contribution is 7.10. The van der Waals surface area contributed by atoms with E-state index in [0.29, 0.717) is 5.56 Å². The third-order valence-electron chi connectivity index (χ3n) is 3.85. The van der Waals surface area contributed by atoms with E-state index in [0.717, 1.165) is 16.0 Å². The average molecular weight is 365 g/mol. The fourth-order valence-electron chi connectivity index (χ4n) is 2.61. The van der Waals surface area contributed by atoms with Crippen LogP contribution in [0.25, 0.3) is 0 Å². The summed E-state index contributed by atoms with van der Waals surface area (Å²) >= 11 is 1.57. The van der Waals surface area contributed by atoms with Crippen molar-refractivity contribution >= 4 is 23.2 Å². The Balaban J connectivity index is 1.64. The summed E-state index contributed by atoms with van der Waals surface area (Å²) in [5, 5.41) is 4.92. The second kappa shape index (κ2) is 8.45. The Bertz CT molecular complexity index is 875. The standard InChI is InChI=1S/C21H19NO3S/c1-15-7-5-10-17(13-15)21(24)25-14-19(23)22-20(18-11-6-12-26-18)16-8-3-2-4-9-16/h2-13,20H,14H2,1H3,(H,22,23)/t20-/m0/s1. The van der Waals surface area contributed by atoms with Crippen molar-refractivity contribution in [2.45, 2.75) is 13.0 Å². The maximum absolute atomic E-state index is 12.3. The van der Waals surface area contributed by atoms with Crippen LogP contribution in [-0.2, 0) is 9.53 Å². The van der Waals surface area contributed by atoms with Crippen molar-refractivity contribution < 1.29 is 14.3 Å². The summed E-state index contributed by atoms with van der Waals surface area (Å²) < 4.78 is 5.15. The molecule has 3 aromatic rings. The third kappa shape index (κ3) is 4.58. The van der Waals surface area contributed by atoms with Gasteiger partial charge in [-0.1, -0.05) is 54.1 Å². The molecule has 0 bridgehead atoms. The Kier molecular flexibility index (Phi) is 5.81. The van der Waals surface area contributed by atoms with E-state index in [-0.39, 0.29) is 18.6 Å². The fourth-order valence-corrected chi connectivity index (χ4v) is 3.41. The summed E-state index contributed by atoms with van der Waals surface area (Å²) in [6.45, 7) is 1.58. The first kappa shape index (κ1) is 17.9. The molecular formula is C21H19NO3S. The molecule has 1 atom stereocenters. The number of carbonyl (C=O) groups is 2. The zero-order valence-electron chi connectivity index (χ0n) is 14.3. The van der Waals surface area contributed by atoms with Gasteiger partial charge in [-0.2, -0.15) is 0 Å². The Morgan fingerprint density at radius 2 is 1.85 bits per heavy atom. The van der Waals surface area contributed by atoms with Crippen molar-refractivity contribution in [1.82, 2.24) is 5.32 Å². The number of ether oxygens (including phenoxy) is 1. The first-order valence-corrected chi connectivity index (χ1v) is 9.13. The molecule has 0 unspecified atom stereocenters. The summed E-state index contributed by atoms with van der Waals surface area (Å²) in [5.41, 5.74) is 2.38. The monoisotopic (exact) mass is 365 g/mol. The number of rotatable bonds is 6. The van der Waals surface area contributed by atoms with E-state index in [1.54, 1.807) is 29.5 Å². The van der Waals surface area contributed by atoms with Crippen molar-refractivity contribution in [3.8, 4) is 0 Å². The lowest BCUT2D eigenvalue weighted by Gasteiger charge is -2.18. The number of nitrogens with one attached hydrogen (secondary N) is 1. The molecule has 5 heteroatoms. The summed E-state index contributed by atoms with van der Waals surface area (Å²) in [4.78, 5) is 25.4. The molecule has 1 N–H and O–H groups in total. The number of hydrogen-bond donors (Lipinski definition) is 1. The smallest absolute Gasteiger partial charge is 0.338 e. The first-order chi connectivity index (χ1) is 12.6. The third-order valence-corrected chi connectivity index (χ3v) is 4.79. The van der Waals surface area contributed by atoms with Crippen LogP contribution >= 0.6 is 11.3 Å². The highest BCUT2D eigenvalue weighted by atomic mass is 32.1. The van der Waals surface area contributed by atoms with Gasteiger partial charge in [0.25, 0.3) is 5.91 Å². The van der Waals surface area contributed by atoms with E-state index in [1.807, 2.05) is 60.8 Å². The predicted octanol–water partition coefficient (Wildman–Crippen LogP) is 4.12. The van der Waals surface area contributed by atoms with Crippen molar-refractivity contribution in [2.24, 2.45) is 0 Å². The molecule has 0 radical (unpaired) electrons. The molecule has 0 aliphatic carbocycles. The van der Waals surface area contributed by atoms with E-state index in [4.69, 9.17) is 4.74 Å². The van der Waals surface area contributed by atoms with Gasteiger partial charge in [-0.25, -0.2) is 4.79 Å². The van der Waals surface area contributed by atoms with Crippen LogP contribution in [0.2, 0.25) is 0 Å². The number of esters is 1. The number of thiophene rings is 1. The summed E-state index contributed by atoms with van der Waals surface area (Å²) in [6.07, 6.45) is 0. The molecule has 0 saturated heterocycles. The predicted molar refractivity (Wildman–Crippen MR) is 102 cm³/mol. The summed E-state index contributed by atoms with van der Waals surface area (Å²) in [5.74, 6) is -0.843. The fraction of sp³-hybridized carbons (Fsp3) is 0.143. The molecular weight excluding hydrogens is 346 g/mol. The number of hydrogen-bond acceptors (Lipinski definition) is 4. The Hall–Kier alpha value is -2.92. The second-order valence-electron chi connectivity index (χ2n) is 5.87. The lowest BCUT2D eigenvalue weighted by molar-refractivity contribution is -0.124. The topological polar surface area (TPSA) is 55.4 Å². The van der Waals surface area contributed by atoms with Crippen LogP contribution in [0.1, 0.15) is 32.4 Å². The molecule has 132 valence electrons. The van der Waals surface area contributed by atoms with Crippen molar-refractivity contribution in [2.75, 3.05) is 6.61 Å². The number of benzene rings is 2. The van der Waals surface area contributed by atoms with Gasteiger partial charge in [0.15, 0.2) is 6.61 Å². The van der Waals surface area contributed by atoms with Gasteiger partial charge >= 0.3 is 5.97 Å². The minimum absolute atomic E-state index is 0.263. The Labute approximate surface area is 156 Å². The zero-order chi connectivity index (χ0) is 18.4. The van der Waals surface area contributed by atoms with Crippen molar-refractivity contribution in [3.05, 3.63) is 93.7 Å². The molecule has 1 heterocycles. The first-order valence-electron chi connectivity index (χ1n) is 8.25. The highest BCUT2D eigenvalue weighted by Gasteiger charge is 2.19. The molecule has 1 amide bonds. The van der Waals surface area contributed by atoms with E-state index < -0.39 is 5.97 Å². The number of carbonyl (C=O) groups excluding carboxylic acids is 2. The molecule has 26 heavy (non-hydrogen) atoms. The minimum atomic E-state index is -0.503. The Morgan fingerprint density at radius 1 is 1.04 bits per heavy atom. The SMILES string of the molecule is Cc1cccc(C(=O)OCC(=O)N[C@@H](c2ccccc2)c2cccs2)c1. The lowest BCUT2D eigenvalue weighted by atomic mass is 10.1. The van der Waals surface area contributed by atoms with Crippen LogP contribution < -0.4 is 5.32 Å². The van der Waals surface area contributed by atoms with Crippen molar-refractivity contribution in [1.29, 1.82) is 0 Å². The van der Waals surface area contributed by atoms with Crippen LogP contribution in [0.4, 0.5) is 0 Å². The lowest BCUT2D eigenvalue weighted by Crippen LogP contribution is -2.32. The number of amides is 1. The molecule has 0 spiro atoms. The van der Waals surface area contributed by atoms with Gasteiger partial charge in [-0.3, -0.25) is 4.79 Å². The normalized spacial score (nSPS) is 11.6. The minimum Gasteiger partial charge on any atom is -0.452 e.